The molecule has 2 unspecified atom stereocenters. The van der Waals surface area contributed by atoms with Gasteiger partial charge in [0, 0.05) is 29.4 Å². The topological polar surface area (TPSA) is 101 Å². The van der Waals surface area contributed by atoms with Crippen LogP contribution in [0.25, 0.3) is 0 Å². The molecule has 4 N–H and O–H groups in total. The summed E-state index contributed by atoms with van der Waals surface area (Å²) in [6.07, 6.45) is 0.662. The molecule has 0 aliphatic carbocycles. The average molecular weight is 374 g/mol. The number of carbonyl (C=O) groups excluding carboxylic acids is 3. The van der Waals surface area contributed by atoms with Crippen LogP contribution in [-0.4, -0.2) is 29.8 Å². The van der Waals surface area contributed by atoms with Crippen molar-refractivity contribution < 1.29 is 14.4 Å². The van der Waals surface area contributed by atoms with Crippen molar-refractivity contribution in [1.82, 2.24) is 10.6 Å². The Morgan fingerprint density at radius 1 is 1.21 bits per heavy atom. The van der Waals surface area contributed by atoms with Crippen LogP contribution in [0.5, 0.6) is 0 Å². The minimum atomic E-state index is -0.807. The summed E-state index contributed by atoms with van der Waals surface area (Å²) < 4.78 is 0. The van der Waals surface area contributed by atoms with E-state index in [9.17, 15) is 14.4 Å². The second-order valence-corrected chi connectivity index (χ2v) is 6.45. The van der Waals surface area contributed by atoms with Gasteiger partial charge in [-0.1, -0.05) is 29.3 Å². The molecule has 8 heteroatoms. The SMILES string of the molecule is CC(=O)NC(CCC(N)=O)C(=O)NC(C)Cc1ccc(Cl)cc1Cl. The lowest BCUT2D eigenvalue weighted by Gasteiger charge is -2.21. The van der Waals surface area contributed by atoms with Crippen LogP contribution < -0.4 is 16.4 Å². The number of nitrogens with two attached hydrogens (primary N) is 1. The highest BCUT2D eigenvalue weighted by Crippen LogP contribution is 2.22. The third-order valence-corrected chi connectivity index (χ3v) is 3.89. The molecule has 0 spiro atoms. The van der Waals surface area contributed by atoms with Gasteiger partial charge >= 0.3 is 0 Å². The largest absolute Gasteiger partial charge is 0.370 e. The molecule has 0 bridgehead atoms. The van der Waals surface area contributed by atoms with Crippen LogP contribution in [0.15, 0.2) is 18.2 Å². The van der Waals surface area contributed by atoms with Gasteiger partial charge in [-0.25, -0.2) is 0 Å². The minimum absolute atomic E-state index is 0.00968. The van der Waals surface area contributed by atoms with E-state index in [2.05, 4.69) is 10.6 Å². The van der Waals surface area contributed by atoms with E-state index in [0.717, 1.165) is 5.56 Å². The van der Waals surface area contributed by atoms with Crippen LogP contribution in [0.4, 0.5) is 0 Å². The molecule has 6 nitrogen and oxygen atoms in total. The maximum absolute atomic E-state index is 12.3. The van der Waals surface area contributed by atoms with Gasteiger partial charge in [-0.3, -0.25) is 14.4 Å². The fraction of sp³-hybridized carbons (Fsp3) is 0.438. The molecule has 0 heterocycles. The number of carbonyl (C=O) groups is 3. The number of hydrogen-bond donors (Lipinski definition) is 3. The molecule has 0 fully saturated rings. The molecule has 2 atom stereocenters. The molecule has 1 aromatic carbocycles. The molecular weight excluding hydrogens is 353 g/mol. The Labute approximate surface area is 151 Å². The van der Waals surface area contributed by atoms with Gasteiger partial charge in [-0.2, -0.15) is 0 Å². The van der Waals surface area contributed by atoms with Crippen LogP contribution in [0, 0.1) is 0 Å². The zero-order chi connectivity index (χ0) is 18.3. The smallest absolute Gasteiger partial charge is 0.242 e. The molecule has 132 valence electrons. The van der Waals surface area contributed by atoms with Crippen molar-refractivity contribution in [3.05, 3.63) is 33.8 Å². The lowest BCUT2D eigenvalue weighted by atomic mass is 10.1. The number of rotatable bonds is 8. The summed E-state index contributed by atoms with van der Waals surface area (Å²) in [6, 6.07) is 4.13. The van der Waals surface area contributed by atoms with E-state index in [1.165, 1.54) is 6.92 Å². The Morgan fingerprint density at radius 2 is 1.88 bits per heavy atom. The first-order valence-electron chi connectivity index (χ1n) is 7.48. The normalized spacial score (nSPS) is 13.0. The number of hydrogen-bond acceptors (Lipinski definition) is 3. The Balaban J connectivity index is 2.67. The average Bonchev–Trinajstić information content (AvgIpc) is 2.45. The second-order valence-electron chi connectivity index (χ2n) is 5.61. The summed E-state index contributed by atoms with van der Waals surface area (Å²) in [4.78, 5) is 34.4. The van der Waals surface area contributed by atoms with Gasteiger partial charge in [0.15, 0.2) is 0 Å². The van der Waals surface area contributed by atoms with Gasteiger partial charge in [-0.05, 0) is 37.5 Å². The predicted octanol–water partition coefficient (Wildman–Crippen LogP) is 1.81. The van der Waals surface area contributed by atoms with Crippen LogP contribution in [0.2, 0.25) is 10.0 Å². The van der Waals surface area contributed by atoms with Crippen molar-refractivity contribution in [1.29, 1.82) is 0 Å². The standard InChI is InChI=1S/C16H21Cl2N3O3/c1-9(7-11-3-4-12(17)8-13(11)18)20-16(24)14(21-10(2)22)5-6-15(19)23/h3-4,8-9,14H,5-7H2,1-2H3,(H2,19,23)(H,20,24)(H,21,22). The third-order valence-electron chi connectivity index (χ3n) is 3.30. The molecule has 0 radical (unpaired) electrons. The van der Waals surface area contributed by atoms with Crippen molar-refractivity contribution in [2.75, 3.05) is 0 Å². The Kier molecular flexibility index (Phi) is 8.01. The Morgan fingerprint density at radius 3 is 2.42 bits per heavy atom. The van der Waals surface area contributed by atoms with E-state index in [-0.39, 0.29) is 30.7 Å². The van der Waals surface area contributed by atoms with Gasteiger partial charge in [0.2, 0.25) is 17.7 Å². The summed E-state index contributed by atoms with van der Waals surface area (Å²) in [5.41, 5.74) is 5.94. The molecule has 24 heavy (non-hydrogen) atoms. The first-order chi connectivity index (χ1) is 11.2. The first kappa shape index (κ1) is 20.3. The zero-order valence-electron chi connectivity index (χ0n) is 13.6. The minimum Gasteiger partial charge on any atom is -0.370 e. The van der Waals surface area contributed by atoms with E-state index in [1.54, 1.807) is 18.2 Å². The van der Waals surface area contributed by atoms with E-state index >= 15 is 0 Å². The van der Waals surface area contributed by atoms with Crippen molar-refractivity contribution >= 4 is 40.9 Å². The van der Waals surface area contributed by atoms with E-state index < -0.39 is 11.9 Å². The lowest BCUT2D eigenvalue weighted by Crippen LogP contribution is -2.49. The van der Waals surface area contributed by atoms with Crippen molar-refractivity contribution in [2.45, 2.75) is 45.2 Å². The maximum atomic E-state index is 12.3. The number of halogens is 2. The molecule has 3 amide bonds. The molecule has 0 saturated carbocycles. The van der Waals surface area contributed by atoms with Gasteiger partial charge in [-0.15, -0.1) is 0 Å². The van der Waals surface area contributed by atoms with Crippen LogP contribution >= 0.6 is 23.2 Å². The predicted molar refractivity (Wildman–Crippen MR) is 93.8 cm³/mol. The maximum Gasteiger partial charge on any atom is 0.242 e. The van der Waals surface area contributed by atoms with Gasteiger partial charge in [0.25, 0.3) is 0 Å². The van der Waals surface area contributed by atoms with Gasteiger partial charge in [0.05, 0.1) is 0 Å². The fourth-order valence-corrected chi connectivity index (χ4v) is 2.70. The molecule has 0 saturated heterocycles. The number of benzene rings is 1. The highest BCUT2D eigenvalue weighted by Gasteiger charge is 2.21. The summed E-state index contributed by atoms with van der Waals surface area (Å²) in [5, 5.41) is 6.39. The number of nitrogens with one attached hydrogen (secondary N) is 2. The molecule has 1 rings (SSSR count). The summed E-state index contributed by atoms with van der Waals surface area (Å²) in [5.74, 6) is -1.25. The zero-order valence-corrected chi connectivity index (χ0v) is 15.1. The Bertz CT molecular complexity index is 623. The molecule has 0 aliphatic rings. The van der Waals surface area contributed by atoms with Crippen LogP contribution in [0.3, 0.4) is 0 Å². The summed E-state index contributed by atoms with van der Waals surface area (Å²) in [6.45, 7) is 3.13. The molecule has 0 aromatic heterocycles. The van der Waals surface area contributed by atoms with Gasteiger partial charge in [0.1, 0.15) is 6.04 Å². The van der Waals surface area contributed by atoms with Crippen LogP contribution in [0.1, 0.15) is 32.3 Å². The van der Waals surface area contributed by atoms with E-state index in [1.807, 2.05) is 6.92 Å². The van der Waals surface area contributed by atoms with E-state index in [0.29, 0.717) is 16.5 Å². The quantitative estimate of drug-likeness (QED) is 0.647. The summed E-state index contributed by atoms with van der Waals surface area (Å²) >= 11 is 12.0. The third kappa shape index (κ3) is 7.19. The number of amides is 3. The highest BCUT2D eigenvalue weighted by atomic mass is 35.5. The lowest BCUT2D eigenvalue weighted by molar-refractivity contribution is -0.129. The van der Waals surface area contributed by atoms with Crippen molar-refractivity contribution in [3.63, 3.8) is 0 Å². The fourth-order valence-electron chi connectivity index (χ4n) is 2.21. The highest BCUT2D eigenvalue weighted by molar-refractivity contribution is 6.35. The number of primary amides is 1. The monoisotopic (exact) mass is 373 g/mol. The first-order valence-corrected chi connectivity index (χ1v) is 8.24. The van der Waals surface area contributed by atoms with Crippen molar-refractivity contribution in [2.24, 2.45) is 5.73 Å². The molecule has 1 aromatic rings. The molecular formula is C16H21Cl2N3O3. The second kappa shape index (κ2) is 9.49. The van der Waals surface area contributed by atoms with Gasteiger partial charge < -0.3 is 16.4 Å². The van der Waals surface area contributed by atoms with Crippen LogP contribution in [-0.2, 0) is 20.8 Å². The molecule has 0 aliphatic heterocycles. The Hall–Kier alpha value is -1.79. The van der Waals surface area contributed by atoms with E-state index in [4.69, 9.17) is 28.9 Å². The summed E-state index contributed by atoms with van der Waals surface area (Å²) in [7, 11) is 0. The van der Waals surface area contributed by atoms with Crippen molar-refractivity contribution in [3.8, 4) is 0 Å².